The van der Waals surface area contributed by atoms with Crippen molar-refractivity contribution in [1.82, 2.24) is 76.8 Å². The minimum Gasteiger partial charge on any atom is -0.497 e. The second-order valence-electron chi connectivity index (χ2n) is 27.5. The number of nitrogens with zero attached hydrogens (tertiary/aromatic N) is 6. The van der Waals surface area contributed by atoms with E-state index in [1.165, 1.54) is 55.8 Å². The molecule has 12 rings (SSSR count). The average Bonchev–Trinajstić information content (AvgIpc) is 1.75. The van der Waals surface area contributed by atoms with Gasteiger partial charge in [-0.1, -0.05) is 36.4 Å². The fraction of sp³-hybridized carbons (Fsp3) is 0.259. The highest BCUT2D eigenvalue weighted by Gasteiger charge is 2.28. The van der Waals surface area contributed by atoms with Crippen molar-refractivity contribution in [3.63, 3.8) is 0 Å². The van der Waals surface area contributed by atoms with E-state index in [4.69, 9.17) is 14.2 Å². The number of hydrogen-bond acceptors (Lipinski definition) is 18. The molecular weight excluding hydrogens is 1470 g/mol. The van der Waals surface area contributed by atoms with Crippen molar-refractivity contribution in [3.05, 3.63) is 251 Å². The number of ether oxygens (including phenoxy) is 3. The number of H-pyrrole nitrogens is 3. The Morgan fingerprint density at radius 1 is 0.365 bits per heavy atom. The minimum atomic E-state index is -1.06. The molecule has 0 saturated heterocycles. The van der Waals surface area contributed by atoms with Crippen molar-refractivity contribution in [3.8, 4) is 17.2 Å². The Hall–Kier alpha value is -14.2. The Balaban J connectivity index is 0.801. The summed E-state index contributed by atoms with van der Waals surface area (Å²) >= 11 is 0. The van der Waals surface area contributed by atoms with Gasteiger partial charge in [0.2, 0.25) is 35.4 Å². The molecule has 115 heavy (non-hydrogen) atoms. The molecule has 30 heteroatoms. The molecule has 590 valence electrons. The number of aromatic nitrogens is 9. The monoisotopic (exact) mass is 1550 g/mol. The van der Waals surface area contributed by atoms with E-state index in [2.05, 4.69) is 92.7 Å². The molecule has 0 bridgehead atoms. The van der Waals surface area contributed by atoms with E-state index >= 15 is 0 Å². The first kappa shape index (κ1) is 80.3. The molecule has 6 aromatic heterocycles. The van der Waals surface area contributed by atoms with Crippen LogP contribution in [0.4, 0.5) is 17.1 Å². The number of hydrogen-bond donors (Lipinski definition) is 12. The molecule has 0 aliphatic heterocycles. The fourth-order valence-corrected chi connectivity index (χ4v) is 13.8. The zero-order valence-corrected chi connectivity index (χ0v) is 64.2. The van der Waals surface area contributed by atoms with Crippen molar-refractivity contribution in [2.75, 3.05) is 56.9 Å². The zero-order valence-electron chi connectivity index (χ0n) is 64.2. The normalized spacial score (nSPS) is 11.9. The van der Waals surface area contributed by atoms with E-state index in [0.717, 1.165) is 83.2 Å². The second-order valence-corrected chi connectivity index (χ2v) is 27.5. The molecule has 12 aromatic rings. The largest absolute Gasteiger partial charge is 0.497 e. The molecule has 0 radical (unpaired) electrons. The first-order valence-corrected chi connectivity index (χ1v) is 37.5. The van der Waals surface area contributed by atoms with Gasteiger partial charge in [0.1, 0.15) is 52.5 Å². The van der Waals surface area contributed by atoms with Crippen molar-refractivity contribution in [1.29, 1.82) is 0 Å². The second kappa shape index (κ2) is 38.2. The number of rotatable bonds is 36. The Bertz CT molecular complexity index is 4930. The number of carbonyl (C=O) groups is 9. The third-order valence-electron chi connectivity index (χ3n) is 19.7. The first-order chi connectivity index (χ1) is 55.8. The van der Waals surface area contributed by atoms with Crippen LogP contribution in [0.25, 0.3) is 32.7 Å². The Kier molecular flexibility index (Phi) is 26.7. The predicted molar refractivity (Wildman–Crippen MR) is 433 cm³/mol. The van der Waals surface area contributed by atoms with Crippen LogP contribution in [0, 0.1) is 20.8 Å². The standard InChI is InChI=1S/C85H88N18O12/c1-49-61(64-40-58(113-4)25-28-67(64)95-49)43-76(104)101-70(10-7-31-92-80(107)73-46-86-34-37-89-73)83(110)98-55-19-13-52(14-20-55)79(53-15-21-56(22-16-53)99-84(111)71(11-8-32-93-81(108)74-47-87-35-38-90-74)102-77(105)44-62-50(2)96-68-29-26-59(114-5)41-65(62)68)54-17-23-57(24-18-54)100-85(112)72(12-9-33-94-82(109)75-48-88-36-39-91-75)103-78(106)45-63-51(3)97-69-30-27-60(115-6)42-66(63)69/h13-30,34-42,46-48,70-72,79,95-97H,7-12,31-33,43-45H2,1-6H3,(H,92,107)(H,93,108)(H,94,109)(H,98,110)(H,99,111)(H,100,112)(H,101,104)(H,102,105)(H,103,106)/t70-,71-,72-/m0/s1. The minimum absolute atomic E-state index is 0.0581. The van der Waals surface area contributed by atoms with Crippen LogP contribution < -0.4 is 62.1 Å². The quantitative estimate of drug-likeness (QED) is 0.0128. The summed E-state index contributed by atoms with van der Waals surface area (Å²) in [7, 11) is 4.69. The number of fused-ring (bicyclic) bond motifs is 3. The predicted octanol–water partition coefficient (Wildman–Crippen LogP) is 9.26. The lowest BCUT2D eigenvalue weighted by Gasteiger charge is -2.22. The molecule has 0 spiro atoms. The number of aromatic amines is 3. The van der Waals surface area contributed by atoms with Gasteiger partial charge in [0.25, 0.3) is 17.7 Å². The van der Waals surface area contributed by atoms with Crippen LogP contribution in [0.5, 0.6) is 17.2 Å². The maximum absolute atomic E-state index is 14.6. The fourth-order valence-electron chi connectivity index (χ4n) is 13.8. The van der Waals surface area contributed by atoms with Gasteiger partial charge in [-0.2, -0.15) is 0 Å². The summed E-state index contributed by atoms with van der Waals surface area (Å²) in [5.41, 5.74) is 10.8. The molecule has 6 heterocycles. The Morgan fingerprint density at radius 3 is 0.896 bits per heavy atom. The van der Waals surface area contributed by atoms with E-state index in [9.17, 15) is 43.2 Å². The van der Waals surface area contributed by atoms with Gasteiger partial charge in [-0.05, 0) is 184 Å². The molecule has 0 saturated carbocycles. The summed E-state index contributed by atoms with van der Waals surface area (Å²) in [6, 6.07) is 35.0. The van der Waals surface area contributed by atoms with Crippen molar-refractivity contribution >= 4 is 103 Å². The molecule has 6 aromatic carbocycles. The molecule has 9 amide bonds. The molecule has 0 fully saturated rings. The smallest absolute Gasteiger partial charge is 0.271 e. The van der Waals surface area contributed by atoms with Crippen LogP contribution in [-0.2, 0) is 48.0 Å². The molecule has 0 unspecified atom stereocenters. The third kappa shape index (κ3) is 20.9. The van der Waals surface area contributed by atoms with E-state index in [0.29, 0.717) is 53.6 Å². The molecule has 3 atom stereocenters. The number of amides is 9. The van der Waals surface area contributed by atoms with Gasteiger partial charge in [-0.25, -0.2) is 15.0 Å². The van der Waals surface area contributed by atoms with Crippen molar-refractivity contribution < 1.29 is 57.4 Å². The molecule has 12 N–H and O–H groups in total. The molecular formula is C85H88N18O12. The van der Waals surface area contributed by atoms with Gasteiger partial charge in [0.15, 0.2) is 0 Å². The van der Waals surface area contributed by atoms with Crippen LogP contribution in [0.15, 0.2) is 183 Å². The summed E-state index contributed by atoms with van der Waals surface area (Å²) in [6.45, 7) is 6.08. The summed E-state index contributed by atoms with van der Waals surface area (Å²) in [6.07, 6.45) is 13.7. The van der Waals surface area contributed by atoms with Crippen LogP contribution in [0.1, 0.15) is 126 Å². The van der Waals surface area contributed by atoms with Crippen LogP contribution >= 0.6 is 0 Å². The van der Waals surface area contributed by atoms with Gasteiger partial charge < -0.3 is 77.0 Å². The zero-order chi connectivity index (χ0) is 80.9. The lowest BCUT2D eigenvalue weighted by Crippen LogP contribution is -2.45. The highest BCUT2D eigenvalue weighted by atomic mass is 16.5. The molecule has 0 aliphatic carbocycles. The SMILES string of the molecule is COc1ccc2[nH]c(C)c(CC(=O)N[C@@H](CCCNC(=O)c3cnccn3)C(=O)Nc3ccc(C(c4ccc(NC(=O)[C@H](CCCNC(=O)c5cnccn5)NC(=O)Cc5c(C)[nH]c6ccc(OC)cc56)cc4)c4ccc(NC(=O)[C@H](CCCNC(=O)c5cnccn5)NC(=O)Cc5c(C)[nH]c6ccc(OC)cc56)cc4)cc3)c2c1. The highest BCUT2D eigenvalue weighted by molar-refractivity contribution is 6.02. The molecule has 30 nitrogen and oxygen atoms in total. The third-order valence-corrected chi connectivity index (χ3v) is 19.7. The van der Waals surface area contributed by atoms with E-state index < -0.39 is 77.2 Å². The lowest BCUT2D eigenvalue weighted by atomic mass is 9.85. The summed E-state index contributed by atoms with van der Waals surface area (Å²) in [4.78, 5) is 159. The van der Waals surface area contributed by atoms with E-state index in [1.54, 1.807) is 57.7 Å². The van der Waals surface area contributed by atoms with Gasteiger partial charge in [0, 0.05) is 130 Å². The number of benzene rings is 6. The maximum Gasteiger partial charge on any atom is 0.271 e. The Labute approximate surface area is 661 Å². The molecule has 0 aliphatic rings. The van der Waals surface area contributed by atoms with Crippen molar-refractivity contribution in [2.24, 2.45) is 0 Å². The number of aryl methyl sites for hydroxylation is 3. The summed E-state index contributed by atoms with van der Waals surface area (Å²) < 4.78 is 16.5. The topological polar surface area (TPSA) is 414 Å². The van der Waals surface area contributed by atoms with Crippen LogP contribution in [0.3, 0.4) is 0 Å². The van der Waals surface area contributed by atoms with E-state index in [-0.39, 0.29) is 75.2 Å². The maximum atomic E-state index is 14.6. The van der Waals surface area contributed by atoms with Gasteiger partial charge in [-0.15, -0.1) is 0 Å². The van der Waals surface area contributed by atoms with Gasteiger partial charge in [-0.3, -0.25) is 58.1 Å². The van der Waals surface area contributed by atoms with Crippen LogP contribution in [-0.4, -0.2) is 157 Å². The number of anilines is 3. The lowest BCUT2D eigenvalue weighted by molar-refractivity contribution is -0.126. The van der Waals surface area contributed by atoms with Crippen molar-refractivity contribution in [2.45, 2.75) is 103 Å². The number of carbonyl (C=O) groups excluding carboxylic acids is 9. The highest BCUT2D eigenvalue weighted by Crippen LogP contribution is 2.36. The Morgan fingerprint density at radius 2 is 0.643 bits per heavy atom. The summed E-state index contributed by atoms with van der Waals surface area (Å²) in [5, 5.41) is 28.8. The van der Waals surface area contributed by atoms with Gasteiger partial charge in [0.05, 0.1) is 59.2 Å². The van der Waals surface area contributed by atoms with E-state index in [1.807, 2.05) is 112 Å². The first-order valence-electron chi connectivity index (χ1n) is 37.5. The number of methoxy groups -OCH3 is 3. The summed E-state index contributed by atoms with van der Waals surface area (Å²) in [5.74, 6) is -2.84. The number of nitrogens with one attached hydrogen (secondary N) is 12. The van der Waals surface area contributed by atoms with Crippen LogP contribution in [0.2, 0.25) is 0 Å². The average molecular weight is 1550 g/mol. The van der Waals surface area contributed by atoms with Gasteiger partial charge >= 0.3 is 0 Å².